The molecule has 2 unspecified atom stereocenters. The molecule has 1 amide bonds. The number of rotatable bonds is 5. The Kier molecular flexibility index (Phi) is 5.80. The lowest BCUT2D eigenvalue weighted by Gasteiger charge is -2.31. The van der Waals surface area contributed by atoms with Crippen LogP contribution in [0.1, 0.15) is 41.7 Å². The number of carbonyl (C=O) groups excluding carboxylic acids is 1. The average Bonchev–Trinajstić information content (AvgIpc) is 3.13. The highest BCUT2D eigenvalue weighted by atomic mass is 32.1. The monoisotopic (exact) mass is 384 g/mol. The van der Waals surface area contributed by atoms with Gasteiger partial charge in [0.2, 0.25) is 0 Å². The Morgan fingerprint density at radius 3 is 2.69 bits per heavy atom. The van der Waals surface area contributed by atoms with Crippen LogP contribution in [0.4, 0.5) is 13.2 Å². The standard InChI is InChI=1S/C18H19F3N2O2S/c19-18(20,21)13-2-1-3-14(8-13)23-17(24)12-4-6-16(7-5-12)25-9-15-10-26-11-22-15/h4-7,10-11,13-14H,1-3,8-9H2,(H,23,24). The Labute approximate surface area is 153 Å². The smallest absolute Gasteiger partial charge is 0.391 e. The van der Waals surface area contributed by atoms with E-state index in [1.165, 1.54) is 11.3 Å². The minimum absolute atomic E-state index is 0.0515. The summed E-state index contributed by atoms with van der Waals surface area (Å²) in [6.45, 7) is 0.343. The molecule has 8 heteroatoms. The molecule has 1 fully saturated rings. The molecule has 1 aromatic heterocycles. The molecule has 1 saturated carbocycles. The normalized spacial score (nSPS) is 20.6. The summed E-state index contributed by atoms with van der Waals surface area (Å²) in [5, 5.41) is 4.61. The van der Waals surface area contributed by atoms with E-state index < -0.39 is 18.1 Å². The summed E-state index contributed by atoms with van der Waals surface area (Å²) in [4.78, 5) is 16.4. The maximum absolute atomic E-state index is 12.9. The quantitative estimate of drug-likeness (QED) is 0.821. The molecule has 1 N–H and O–H groups in total. The molecule has 1 aromatic carbocycles. The molecular weight excluding hydrogens is 365 g/mol. The van der Waals surface area contributed by atoms with Gasteiger partial charge in [0, 0.05) is 17.0 Å². The lowest BCUT2D eigenvalue weighted by atomic mass is 9.85. The zero-order valence-electron chi connectivity index (χ0n) is 14.0. The van der Waals surface area contributed by atoms with E-state index in [1.54, 1.807) is 29.8 Å². The van der Waals surface area contributed by atoms with Gasteiger partial charge in [0.25, 0.3) is 5.91 Å². The summed E-state index contributed by atoms with van der Waals surface area (Å²) >= 11 is 1.48. The molecule has 0 saturated heterocycles. The Morgan fingerprint density at radius 1 is 1.27 bits per heavy atom. The van der Waals surface area contributed by atoms with Gasteiger partial charge in [-0.1, -0.05) is 6.42 Å². The fraction of sp³-hybridized carbons (Fsp3) is 0.444. The number of amides is 1. The van der Waals surface area contributed by atoms with E-state index in [9.17, 15) is 18.0 Å². The molecule has 0 radical (unpaired) electrons. The Balaban J connectivity index is 1.53. The van der Waals surface area contributed by atoms with E-state index in [0.29, 0.717) is 30.8 Å². The number of alkyl halides is 3. The van der Waals surface area contributed by atoms with Crippen LogP contribution in [-0.2, 0) is 6.61 Å². The average molecular weight is 384 g/mol. The maximum atomic E-state index is 12.9. The van der Waals surface area contributed by atoms with Gasteiger partial charge in [-0.05, 0) is 43.5 Å². The second-order valence-electron chi connectivity index (χ2n) is 6.37. The van der Waals surface area contributed by atoms with Crippen LogP contribution in [0.2, 0.25) is 0 Å². The molecule has 2 aromatic rings. The molecule has 3 rings (SSSR count). The van der Waals surface area contributed by atoms with Crippen LogP contribution < -0.4 is 10.1 Å². The molecular formula is C18H19F3N2O2S. The van der Waals surface area contributed by atoms with Crippen LogP contribution in [0, 0.1) is 5.92 Å². The third-order valence-corrected chi connectivity index (χ3v) is 5.09. The molecule has 0 spiro atoms. The van der Waals surface area contributed by atoms with Gasteiger partial charge in [-0.15, -0.1) is 11.3 Å². The third kappa shape index (κ3) is 4.97. The lowest BCUT2D eigenvalue weighted by Crippen LogP contribution is -2.41. The van der Waals surface area contributed by atoms with Crippen molar-refractivity contribution in [2.24, 2.45) is 5.92 Å². The number of aromatic nitrogens is 1. The number of thiazole rings is 1. The first-order valence-electron chi connectivity index (χ1n) is 8.39. The number of hydrogen-bond acceptors (Lipinski definition) is 4. The minimum atomic E-state index is -4.19. The zero-order valence-corrected chi connectivity index (χ0v) is 14.8. The highest BCUT2D eigenvalue weighted by Crippen LogP contribution is 2.37. The summed E-state index contributed by atoms with van der Waals surface area (Å²) in [7, 11) is 0. The predicted molar refractivity (Wildman–Crippen MR) is 92.2 cm³/mol. The molecule has 4 nitrogen and oxygen atoms in total. The zero-order chi connectivity index (χ0) is 18.6. The van der Waals surface area contributed by atoms with Crippen molar-refractivity contribution in [3.05, 3.63) is 46.4 Å². The van der Waals surface area contributed by atoms with Crippen molar-refractivity contribution >= 4 is 17.2 Å². The van der Waals surface area contributed by atoms with Crippen LogP contribution in [0.25, 0.3) is 0 Å². The van der Waals surface area contributed by atoms with E-state index in [0.717, 1.165) is 5.69 Å². The van der Waals surface area contributed by atoms with Gasteiger partial charge in [-0.2, -0.15) is 13.2 Å². The van der Waals surface area contributed by atoms with Gasteiger partial charge < -0.3 is 10.1 Å². The Bertz CT molecular complexity index is 717. The summed E-state index contributed by atoms with van der Waals surface area (Å²) in [6.07, 6.45) is -3.06. The minimum Gasteiger partial charge on any atom is -0.487 e. The lowest BCUT2D eigenvalue weighted by molar-refractivity contribution is -0.183. The van der Waals surface area contributed by atoms with Crippen molar-refractivity contribution in [3.63, 3.8) is 0 Å². The number of nitrogens with one attached hydrogen (secondary N) is 1. The summed E-state index contributed by atoms with van der Waals surface area (Å²) in [5.41, 5.74) is 2.95. The molecule has 1 aliphatic rings. The van der Waals surface area contributed by atoms with Gasteiger partial charge in [0.1, 0.15) is 12.4 Å². The van der Waals surface area contributed by atoms with Gasteiger partial charge in [-0.3, -0.25) is 4.79 Å². The molecule has 2 atom stereocenters. The first-order valence-corrected chi connectivity index (χ1v) is 9.33. The highest BCUT2D eigenvalue weighted by Gasteiger charge is 2.42. The van der Waals surface area contributed by atoms with Crippen LogP contribution in [-0.4, -0.2) is 23.1 Å². The van der Waals surface area contributed by atoms with Crippen molar-refractivity contribution in [2.75, 3.05) is 0 Å². The second-order valence-corrected chi connectivity index (χ2v) is 7.09. The fourth-order valence-electron chi connectivity index (χ4n) is 3.06. The van der Waals surface area contributed by atoms with Gasteiger partial charge in [0.15, 0.2) is 0 Å². The second kappa shape index (κ2) is 8.07. The fourth-order valence-corrected chi connectivity index (χ4v) is 3.60. The Hall–Kier alpha value is -2.09. The van der Waals surface area contributed by atoms with Gasteiger partial charge >= 0.3 is 6.18 Å². The molecule has 0 bridgehead atoms. The van der Waals surface area contributed by atoms with Crippen molar-refractivity contribution in [1.82, 2.24) is 10.3 Å². The van der Waals surface area contributed by atoms with E-state index in [4.69, 9.17) is 4.74 Å². The van der Waals surface area contributed by atoms with E-state index in [1.807, 2.05) is 5.38 Å². The molecule has 1 heterocycles. The number of ether oxygens (including phenoxy) is 1. The molecule has 1 aliphatic carbocycles. The molecule has 140 valence electrons. The first-order chi connectivity index (χ1) is 12.4. The molecule has 26 heavy (non-hydrogen) atoms. The third-order valence-electron chi connectivity index (χ3n) is 4.46. The van der Waals surface area contributed by atoms with Crippen LogP contribution in [0.5, 0.6) is 5.75 Å². The summed E-state index contributed by atoms with van der Waals surface area (Å²) in [6, 6.07) is 6.11. The summed E-state index contributed by atoms with van der Waals surface area (Å²) < 4.78 is 44.2. The largest absolute Gasteiger partial charge is 0.487 e. The summed E-state index contributed by atoms with van der Waals surface area (Å²) in [5.74, 6) is -1.09. The number of nitrogens with zero attached hydrogens (tertiary/aromatic N) is 1. The number of benzene rings is 1. The van der Waals surface area contributed by atoms with Crippen LogP contribution in [0.3, 0.4) is 0 Å². The Morgan fingerprint density at radius 2 is 2.04 bits per heavy atom. The molecule has 0 aliphatic heterocycles. The van der Waals surface area contributed by atoms with E-state index in [-0.39, 0.29) is 18.7 Å². The van der Waals surface area contributed by atoms with Crippen molar-refractivity contribution < 1.29 is 22.7 Å². The van der Waals surface area contributed by atoms with Gasteiger partial charge in [0.05, 0.1) is 17.1 Å². The van der Waals surface area contributed by atoms with Crippen molar-refractivity contribution in [3.8, 4) is 5.75 Å². The van der Waals surface area contributed by atoms with E-state index in [2.05, 4.69) is 10.3 Å². The number of hydrogen-bond donors (Lipinski definition) is 1. The highest BCUT2D eigenvalue weighted by molar-refractivity contribution is 7.07. The SMILES string of the molecule is O=C(NC1CCCC(C(F)(F)F)C1)c1ccc(OCc2cscn2)cc1. The maximum Gasteiger partial charge on any atom is 0.391 e. The topological polar surface area (TPSA) is 51.2 Å². The van der Waals surface area contributed by atoms with Crippen LogP contribution >= 0.6 is 11.3 Å². The number of halogens is 3. The predicted octanol–water partition coefficient (Wildman–Crippen LogP) is 4.57. The van der Waals surface area contributed by atoms with E-state index >= 15 is 0 Å². The van der Waals surface area contributed by atoms with Crippen LogP contribution in [0.15, 0.2) is 35.2 Å². The van der Waals surface area contributed by atoms with Crippen molar-refractivity contribution in [1.29, 1.82) is 0 Å². The first kappa shape index (κ1) is 18.7. The van der Waals surface area contributed by atoms with Crippen molar-refractivity contribution in [2.45, 2.75) is 44.5 Å². The van der Waals surface area contributed by atoms with Gasteiger partial charge in [-0.25, -0.2) is 4.98 Å². The number of carbonyl (C=O) groups is 1.